The van der Waals surface area contributed by atoms with Crippen molar-refractivity contribution < 1.29 is 4.79 Å². The lowest BCUT2D eigenvalue weighted by Crippen LogP contribution is -2.28. The molecule has 0 radical (unpaired) electrons. The molecule has 0 bridgehead atoms. The molecule has 3 N–H and O–H groups in total. The van der Waals surface area contributed by atoms with E-state index in [4.69, 9.17) is 5.73 Å². The minimum Gasteiger partial charge on any atom is -0.352 e. The molecule has 0 saturated heterocycles. The molecule has 0 aliphatic rings. The summed E-state index contributed by atoms with van der Waals surface area (Å²) >= 11 is 1.55. The molecule has 13 heavy (non-hydrogen) atoms. The molecule has 0 spiro atoms. The zero-order valence-corrected chi connectivity index (χ0v) is 7.54. The van der Waals surface area contributed by atoms with Crippen molar-refractivity contribution in [3.8, 4) is 0 Å². The number of rotatable bonds is 2. The van der Waals surface area contributed by atoms with Crippen LogP contribution in [0.1, 0.15) is 5.69 Å². The summed E-state index contributed by atoms with van der Waals surface area (Å²) in [6.45, 7) is 0.379. The number of fused-ring (bicyclic) bond motifs is 1. The van der Waals surface area contributed by atoms with E-state index in [1.807, 2.05) is 22.2 Å². The average molecular weight is 196 g/mol. The number of aromatic nitrogens is 2. The van der Waals surface area contributed by atoms with Crippen molar-refractivity contribution in [3.63, 3.8) is 0 Å². The van der Waals surface area contributed by atoms with Crippen LogP contribution in [0.25, 0.3) is 4.96 Å². The molecule has 0 fully saturated rings. The van der Waals surface area contributed by atoms with Gasteiger partial charge in [0.05, 0.1) is 12.2 Å². The molecule has 6 heteroatoms. The van der Waals surface area contributed by atoms with Crippen LogP contribution in [0.2, 0.25) is 0 Å². The number of nitrogens with two attached hydrogens (primary N) is 1. The van der Waals surface area contributed by atoms with Crippen LogP contribution >= 0.6 is 11.3 Å². The van der Waals surface area contributed by atoms with Gasteiger partial charge >= 0.3 is 6.03 Å². The predicted molar refractivity (Wildman–Crippen MR) is 49.5 cm³/mol. The highest BCUT2D eigenvalue weighted by Crippen LogP contribution is 2.10. The molecule has 0 unspecified atom stereocenters. The van der Waals surface area contributed by atoms with Gasteiger partial charge in [-0.2, -0.15) is 0 Å². The quantitative estimate of drug-likeness (QED) is 0.736. The van der Waals surface area contributed by atoms with Gasteiger partial charge in [-0.25, -0.2) is 9.78 Å². The van der Waals surface area contributed by atoms with Crippen molar-refractivity contribution in [2.75, 3.05) is 0 Å². The van der Waals surface area contributed by atoms with Crippen LogP contribution in [0, 0.1) is 0 Å². The third kappa shape index (κ3) is 1.62. The Morgan fingerprint density at radius 2 is 2.62 bits per heavy atom. The lowest BCUT2D eigenvalue weighted by molar-refractivity contribution is 0.248. The second-order valence-corrected chi connectivity index (χ2v) is 3.42. The highest BCUT2D eigenvalue weighted by Gasteiger charge is 2.02. The molecule has 0 atom stereocenters. The maximum absolute atomic E-state index is 10.4. The summed E-state index contributed by atoms with van der Waals surface area (Å²) in [5.74, 6) is 0. The Balaban J connectivity index is 2.15. The van der Waals surface area contributed by atoms with Crippen molar-refractivity contribution in [1.82, 2.24) is 14.7 Å². The summed E-state index contributed by atoms with van der Waals surface area (Å²) < 4.78 is 1.91. The van der Waals surface area contributed by atoms with Crippen LogP contribution in [-0.4, -0.2) is 15.4 Å². The van der Waals surface area contributed by atoms with E-state index in [0.717, 1.165) is 10.7 Å². The monoisotopic (exact) mass is 196 g/mol. The van der Waals surface area contributed by atoms with Crippen molar-refractivity contribution in [3.05, 3.63) is 23.5 Å². The molecule has 0 aliphatic carbocycles. The third-order valence-corrected chi connectivity index (χ3v) is 2.36. The number of carbonyl (C=O) groups excluding carboxylic acids is 1. The first-order valence-electron chi connectivity index (χ1n) is 3.70. The van der Waals surface area contributed by atoms with E-state index in [9.17, 15) is 4.79 Å². The van der Waals surface area contributed by atoms with E-state index in [1.165, 1.54) is 0 Å². The van der Waals surface area contributed by atoms with E-state index in [-0.39, 0.29) is 0 Å². The number of primary amides is 1. The Hall–Kier alpha value is -1.56. The second-order valence-electron chi connectivity index (χ2n) is 2.54. The molecular weight excluding hydrogens is 188 g/mol. The molecule has 2 amide bonds. The predicted octanol–water partition coefficient (Wildman–Crippen LogP) is 0.564. The SMILES string of the molecule is NC(=O)NCc1cn2ccsc2n1. The highest BCUT2D eigenvalue weighted by atomic mass is 32.1. The summed E-state index contributed by atoms with van der Waals surface area (Å²) in [6, 6.07) is -0.531. The summed E-state index contributed by atoms with van der Waals surface area (Å²) in [4.78, 5) is 15.6. The number of nitrogens with one attached hydrogen (secondary N) is 1. The lowest BCUT2D eigenvalue weighted by Gasteiger charge is -1.95. The first-order valence-corrected chi connectivity index (χ1v) is 4.58. The number of urea groups is 1. The first-order chi connectivity index (χ1) is 6.25. The standard InChI is InChI=1S/C7H8N4OS/c8-6(12)9-3-5-4-11-1-2-13-7(11)10-5/h1-2,4H,3H2,(H3,8,9,12). The Labute approximate surface area is 78.2 Å². The van der Waals surface area contributed by atoms with Crippen LogP contribution in [0.5, 0.6) is 0 Å². The third-order valence-electron chi connectivity index (χ3n) is 1.59. The molecule has 68 valence electrons. The van der Waals surface area contributed by atoms with Gasteiger partial charge in [0.25, 0.3) is 0 Å². The van der Waals surface area contributed by atoms with Gasteiger partial charge in [0.15, 0.2) is 4.96 Å². The number of hydrogen-bond donors (Lipinski definition) is 2. The van der Waals surface area contributed by atoms with Gasteiger partial charge in [-0.15, -0.1) is 11.3 Å². The molecule has 0 aliphatic heterocycles. The smallest absolute Gasteiger partial charge is 0.312 e. The van der Waals surface area contributed by atoms with E-state index >= 15 is 0 Å². The summed E-state index contributed by atoms with van der Waals surface area (Å²) in [5.41, 5.74) is 5.74. The largest absolute Gasteiger partial charge is 0.352 e. The minimum atomic E-state index is -0.531. The normalized spacial score (nSPS) is 10.5. The molecular formula is C7H8N4OS. The van der Waals surface area contributed by atoms with Crippen molar-refractivity contribution >= 4 is 22.3 Å². The Morgan fingerprint density at radius 1 is 1.77 bits per heavy atom. The summed E-state index contributed by atoms with van der Waals surface area (Å²) in [6.07, 6.45) is 3.78. The number of carbonyl (C=O) groups is 1. The average Bonchev–Trinajstić information content (AvgIpc) is 2.58. The molecule has 2 heterocycles. The van der Waals surface area contributed by atoms with Crippen LogP contribution in [0.15, 0.2) is 17.8 Å². The van der Waals surface area contributed by atoms with Gasteiger partial charge in [0.2, 0.25) is 0 Å². The zero-order valence-electron chi connectivity index (χ0n) is 6.73. The van der Waals surface area contributed by atoms with Gasteiger partial charge in [0, 0.05) is 17.8 Å². The summed E-state index contributed by atoms with van der Waals surface area (Å²) in [7, 11) is 0. The lowest BCUT2D eigenvalue weighted by atomic mass is 10.5. The van der Waals surface area contributed by atoms with E-state index in [0.29, 0.717) is 6.54 Å². The highest BCUT2D eigenvalue weighted by molar-refractivity contribution is 7.15. The van der Waals surface area contributed by atoms with Crippen LogP contribution in [0.3, 0.4) is 0 Å². The fourth-order valence-corrected chi connectivity index (χ4v) is 1.76. The Morgan fingerprint density at radius 3 is 3.31 bits per heavy atom. The van der Waals surface area contributed by atoms with Gasteiger partial charge in [-0.1, -0.05) is 0 Å². The van der Waals surface area contributed by atoms with Gasteiger partial charge in [0.1, 0.15) is 0 Å². The molecule has 5 nitrogen and oxygen atoms in total. The van der Waals surface area contributed by atoms with Crippen LogP contribution < -0.4 is 11.1 Å². The molecule has 0 saturated carbocycles. The molecule has 2 aromatic rings. The number of imidazole rings is 1. The van der Waals surface area contributed by atoms with Crippen molar-refractivity contribution in [2.45, 2.75) is 6.54 Å². The minimum absolute atomic E-state index is 0.379. The van der Waals surface area contributed by atoms with E-state index in [1.54, 1.807) is 11.3 Å². The fraction of sp³-hybridized carbons (Fsp3) is 0.143. The van der Waals surface area contributed by atoms with Crippen molar-refractivity contribution in [1.29, 1.82) is 0 Å². The molecule has 2 rings (SSSR count). The van der Waals surface area contributed by atoms with Gasteiger partial charge in [-0.3, -0.25) is 4.40 Å². The second kappa shape index (κ2) is 3.06. The molecule has 2 aromatic heterocycles. The maximum Gasteiger partial charge on any atom is 0.312 e. The first kappa shape index (κ1) is 8.06. The van der Waals surface area contributed by atoms with Gasteiger partial charge in [-0.05, 0) is 0 Å². The van der Waals surface area contributed by atoms with Crippen LogP contribution in [-0.2, 0) is 6.54 Å². The number of nitrogens with zero attached hydrogens (tertiary/aromatic N) is 2. The molecule has 0 aromatic carbocycles. The summed E-state index contributed by atoms with van der Waals surface area (Å²) in [5, 5.41) is 4.43. The number of thiazole rings is 1. The van der Waals surface area contributed by atoms with Crippen LogP contribution in [0.4, 0.5) is 4.79 Å². The maximum atomic E-state index is 10.4. The van der Waals surface area contributed by atoms with E-state index < -0.39 is 6.03 Å². The number of amides is 2. The van der Waals surface area contributed by atoms with Crippen molar-refractivity contribution in [2.24, 2.45) is 5.73 Å². The zero-order chi connectivity index (χ0) is 9.26. The topological polar surface area (TPSA) is 72.4 Å². The van der Waals surface area contributed by atoms with Gasteiger partial charge < -0.3 is 11.1 Å². The number of hydrogen-bond acceptors (Lipinski definition) is 3. The Bertz CT molecular complexity index is 404. The fourth-order valence-electron chi connectivity index (χ4n) is 1.04. The Kier molecular flexibility index (Phi) is 1.90. The van der Waals surface area contributed by atoms with E-state index in [2.05, 4.69) is 10.3 Å².